The van der Waals surface area contributed by atoms with Crippen LogP contribution >= 0.6 is 0 Å². The summed E-state index contributed by atoms with van der Waals surface area (Å²) in [6.45, 7) is 4.09. The van der Waals surface area contributed by atoms with Gasteiger partial charge in [-0.25, -0.2) is 8.42 Å². The zero-order valence-corrected chi connectivity index (χ0v) is 15.6. The fourth-order valence-electron chi connectivity index (χ4n) is 2.80. The van der Waals surface area contributed by atoms with E-state index in [2.05, 4.69) is 10.0 Å². The SMILES string of the molecule is CC1(C)C(=O)Nc2ccc(NS(=O)(=O)CCOCc3ccccc3)cc21. The zero-order valence-electron chi connectivity index (χ0n) is 14.8. The van der Waals surface area contributed by atoms with Gasteiger partial charge >= 0.3 is 0 Å². The Bertz CT molecular complexity index is 908. The largest absolute Gasteiger partial charge is 0.376 e. The summed E-state index contributed by atoms with van der Waals surface area (Å²) in [6.07, 6.45) is 0. The lowest BCUT2D eigenvalue weighted by atomic mass is 9.86. The number of sulfonamides is 1. The summed E-state index contributed by atoms with van der Waals surface area (Å²) in [5.74, 6) is -0.237. The highest BCUT2D eigenvalue weighted by molar-refractivity contribution is 7.92. The highest BCUT2D eigenvalue weighted by Crippen LogP contribution is 2.38. The normalized spacial score (nSPS) is 15.4. The van der Waals surface area contributed by atoms with Crippen LogP contribution in [-0.2, 0) is 31.6 Å². The predicted molar refractivity (Wildman–Crippen MR) is 102 cm³/mol. The number of nitrogens with one attached hydrogen (secondary N) is 2. The van der Waals surface area contributed by atoms with Gasteiger partial charge < -0.3 is 10.1 Å². The van der Waals surface area contributed by atoms with E-state index in [4.69, 9.17) is 4.74 Å². The lowest BCUT2D eigenvalue weighted by Gasteiger charge is -2.16. The van der Waals surface area contributed by atoms with E-state index in [1.807, 2.05) is 44.2 Å². The summed E-state index contributed by atoms with van der Waals surface area (Å²) in [5.41, 5.74) is 2.25. The molecule has 0 atom stereocenters. The molecule has 1 aliphatic rings. The summed E-state index contributed by atoms with van der Waals surface area (Å²) in [5, 5.41) is 2.80. The molecule has 0 saturated heterocycles. The first kappa shape index (κ1) is 18.4. The number of carbonyl (C=O) groups is 1. The topological polar surface area (TPSA) is 84.5 Å². The van der Waals surface area contributed by atoms with Crippen molar-refractivity contribution in [2.45, 2.75) is 25.9 Å². The molecule has 0 spiro atoms. The van der Waals surface area contributed by atoms with Gasteiger partial charge in [-0.1, -0.05) is 30.3 Å². The number of benzene rings is 2. The van der Waals surface area contributed by atoms with E-state index in [1.165, 1.54) is 0 Å². The van der Waals surface area contributed by atoms with Gasteiger partial charge in [0.25, 0.3) is 0 Å². The van der Waals surface area contributed by atoms with Crippen molar-refractivity contribution < 1.29 is 17.9 Å². The lowest BCUT2D eigenvalue weighted by molar-refractivity contribution is -0.119. The number of hydrogen-bond donors (Lipinski definition) is 2. The maximum Gasteiger partial charge on any atom is 0.235 e. The predicted octanol–water partition coefficient (Wildman–Crippen LogP) is 2.87. The first-order valence-electron chi connectivity index (χ1n) is 8.36. The molecule has 3 rings (SSSR count). The second kappa shape index (κ2) is 7.09. The molecule has 1 amide bonds. The zero-order chi connectivity index (χ0) is 18.8. The van der Waals surface area contributed by atoms with Crippen LogP contribution in [0.1, 0.15) is 25.0 Å². The first-order valence-corrected chi connectivity index (χ1v) is 10.0. The van der Waals surface area contributed by atoms with Crippen LogP contribution < -0.4 is 10.0 Å². The van der Waals surface area contributed by atoms with E-state index in [0.717, 1.165) is 11.1 Å². The van der Waals surface area contributed by atoms with Gasteiger partial charge in [0.15, 0.2) is 0 Å². The molecule has 1 heterocycles. The van der Waals surface area contributed by atoms with Crippen LogP contribution in [0.2, 0.25) is 0 Å². The van der Waals surface area contributed by atoms with Crippen LogP contribution in [0.4, 0.5) is 11.4 Å². The van der Waals surface area contributed by atoms with Gasteiger partial charge in [0, 0.05) is 11.4 Å². The standard InChI is InChI=1S/C19H22N2O4S/c1-19(2)16-12-15(8-9-17(16)20-18(19)22)21-26(23,24)11-10-25-13-14-6-4-3-5-7-14/h3-9,12,21H,10-11,13H2,1-2H3,(H,20,22). The van der Waals surface area contributed by atoms with Gasteiger partial charge in [-0.2, -0.15) is 0 Å². The summed E-state index contributed by atoms with van der Waals surface area (Å²) in [7, 11) is -3.54. The molecule has 2 aromatic rings. The van der Waals surface area contributed by atoms with Crippen LogP contribution in [0, 0.1) is 0 Å². The molecule has 0 unspecified atom stereocenters. The molecule has 0 aromatic heterocycles. The van der Waals surface area contributed by atoms with E-state index >= 15 is 0 Å². The first-order chi connectivity index (χ1) is 12.3. The van der Waals surface area contributed by atoms with Crippen LogP contribution in [0.25, 0.3) is 0 Å². The Morgan fingerprint density at radius 2 is 1.85 bits per heavy atom. The Morgan fingerprint density at radius 1 is 1.12 bits per heavy atom. The molecule has 0 bridgehead atoms. The molecule has 2 aromatic carbocycles. The highest BCUT2D eigenvalue weighted by Gasteiger charge is 2.38. The minimum absolute atomic E-state index is 0.0955. The van der Waals surface area contributed by atoms with E-state index in [-0.39, 0.29) is 18.3 Å². The van der Waals surface area contributed by atoms with Crippen molar-refractivity contribution in [1.29, 1.82) is 0 Å². The molecule has 138 valence electrons. The number of carbonyl (C=O) groups excluding carboxylic acids is 1. The summed E-state index contributed by atoms with van der Waals surface area (Å²) in [4.78, 5) is 12.0. The van der Waals surface area contributed by atoms with Crippen molar-refractivity contribution in [3.8, 4) is 0 Å². The van der Waals surface area contributed by atoms with Crippen molar-refractivity contribution in [3.63, 3.8) is 0 Å². The quantitative estimate of drug-likeness (QED) is 0.730. The number of rotatable bonds is 7. The minimum atomic E-state index is -3.54. The molecule has 0 radical (unpaired) electrons. The molecule has 0 saturated carbocycles. The number of hydrogen-bond acceptors (Lipinski definition) is 4. The number of amides is 1. The van der Waals surface area contributed by atoms with Crippen LogP contribution in [0.3, 0.4) is 0 Å². The molecule has 6 nitrogen and oxygen atoms in total. The monoisotopic (exact) mass is 374 g/mol. The third-order valence-electron chi connectivity index (χ3n) is 4.39. The van der Waals surface area contributed by atoms with E-state index in [9.17, 15) is 13.2 Å². The average Bonchev–Trinajstić information content (AvgIpc) is 2.82. The molecule has 1 aliphatic heterocycles. The average molecular weight is 374 g/mol. The van der Waals surface area contributed by atoms with E-state index in [0.29, 0.717) is 18.0 Å². The van der Waals surface area contributed by atoms with Crippen LogP contribution in [0.15, 0.2) is 48.5 Å². The molecular formula is C19H22N2O4S. The molecular weight excluding hydrogens is 352 g/mol. The second-order valence-electron chi connectivity index (χ2n) is 6.80. The Labute approximate surface area is 153 Å². The Morgan fingerprint density at radius 3 is 2.58 bits per heavy atom. The van der Waals surface area contributed by atoms with Crippen molar-refractivity contribution in [2.24, 2.45) is 0 Å². The van der Waals surface area contributed by atoms with Gasteiger partial charge in [0.2, 0.25) is 15.9 Å². The van der Waals surface area contributed by atoms with Gasteiger partial charge in [-0.3, -0.25) is 9.52 Å². The van der Waals surface area contributed by atoms with Crippen molar-refractivity contribution >= 4 is 27.3 Å². The third-order valence-corrected chi connectivity index (χ3v) is 5.64. The van der Waals surface area contributed by atoms with Gasteiger partial charge in [-0.15, -0.1) is 0 Å². The molecule has 0 aliphatic carbocycles. The maximum atomic E-state index is 12.3. The lowest BCUT2D eigenvalue weighted by Crippen LogP contribution is -2.27. The minimum Gasteiger partial charge on any atom is -0.376 e. The van der Waals surface area contributed by atoms with E-state index in [1.54, 1.807) is 18.2 Å². The Hall–Kier alpha value is -2.38. The van der Waals surface area contributed by atoms with Crippen molar-refractivity contribution in [1.82, 2.24) is 0 Å². The fourth-order valence-corrected chi connectivity index (χ4v) is 3.72. The third kappa shape index (κ3) is 4.05. The van der Waals surface area contributed by atoms with Gasteiger partial charge in [0.1, 0.15) is 0 Å². The second-order valence-corrected chi connectivity index (χ2v) is 8.64. The maximum absolute atomic E-state index is 12.3. The number of ether oxygens (including phenoxy) is 1. The van der Waals surface area contributed by atoms with Gasteiger partial charge in [-0.05, 0) is 43.2 Å². The molecule has 7 heteroatoms. The van der Waals surface area contributed by atoms with Gasteiger partial charge in [0.05, 0.1) is 24.4 Å². The summed E-state index contributed by atoms with van der Waals surface area (Å²) >= 11 is 0. The number of anilines is 2. The Balaban J connectivity index is 1.58. The van der Waals surface area contributed by atoms with Crippen molar-refractivity contribution in [3.05, 3.63) is 59.7 Å². The van der Waals surface area contributed by atoms with Crippen LogP contribution in [0.5, 0.6) is 0 Å². The highest BCUT2D eigenvalue weighted by atomic mass is 32.2. The van der Waals surface area contributed by atoms with Crippen molar-refractivity contribution in [2.75, 3.05) is 22.4 Å². The molecule has 26 heavy (non-hydrogen) atoms. The number of fused-ring (bicyclic) bond motifs is 1. The summed E-state index contributed by atoms with van der Waals surface area (Å²) in [6, 6.07) is 14.6. The smallest absolute Gasteiger partial charge is 0.235 e. The Kier molecular flexibility index (Phi) is 5.02. The van der Waals surface area contributed by atoms with E-state index < -0.39 is 15.4 Å². The van der Waals surface area contributed by atoms with Crippen LogP contribution in [-0.4, -0.2) is 26.7 Å². The molecule has 2 N–H and O–H groups in total. The molecule has 0 fully saturated rings. The summed E-state index contributed by atoms with van der Waals surface area (Å²) < 4.78 is 32.5. The fraction of sp³-hybridized carbons (Fsp3) is 0.316.